The Morgan fingerprint density at radius 1 is 1.21 bits per heavy atom. The first-order chi connectivity index (χ1) is 9.13. The van der Waals surface area contributed by atoms with Gasteiger partial charge in [0.2, 0.25) is 0 Å². The van der Waals surface area contributed by atoms with Crippen molar-refractivity contribution < 1.29 is 9.47 Å². The van der Waals surface area contributed by atoms with Gasteiger partial charge in [-0.1, -0.05) is 46.5 Å². The molecule has 1 saturated heterocycles. The quantitative estimate of drug-likeness (QED) is 0.709. The molecule has 0 radical (unpaired) electrons. The highest BCUT2D eigenvalue weighted by atomic mass is 16.7. The van der Waals surface area contributed by atoms with E-state index < -0.39 is 0 Å². The number of hydrogen-bond donors (Lipinski definition) is 0. The summed E-state index contributed by atoms with van der Waals surface area (Å²) in [5.41, 5.74) is 0.101. The lowest BCUT2D eigenvalue weighted by Gasteiger charge is -2.47. The smallest absolute Gasteiger partial charge is 0.165 e. The van der Waals surface area contributed by atoms with Crippen molar-refractivity contribution in [1.29, 1.82) is 0 Å². The Morgan fingerprint density at radius 3 is 2.58 bits per heavy atom. The number of ether oxygens (including phenoxy) is 2. The van der Waals surface area contributed by atoms with Gasteiger partial charge in [0.25, 0.3) is 0 Å². The fraction of sp³-hybridized carbons (Fsp3) is 1.00. The van der Waals surface area contributed by atoms with Crippen molar-refractivity contribution in [3.8, 4) is 0 Å². The lowest BCUT2D eigenvalue weighted by molar-refractivity contribution is -0.260. The molecule has 0 N–H and O–H groups in total. The topological polar surface area (TPSA) is 21.7 Å². The molecule has 1 aliphatic carbocycles. The summed E-state index contributed by atoms with van der Waals surface area (Å²) in [6.45, 7) is 9.44. The van der Waals surface area contributed by atoms with Gasteiger partial charge in [0, 0.05) is 24.6 Å². The minimum Gasteiger partial charge on any atom is -0.352 e. The maximum atomic E-state index is 6.01. The zero-order valence-corrected chi connectivity index (χ0v) is 13.0. The largest absolute Gasteiger partial charge is 0.352 e. The van der Waals surface area contributed by atoms with Gasteiger partial charge in [-0.15, -0.1) is 0 Å². The van der Waals surface area contributed by atoms with Gasteiger partial charge in [-0.25, -0.2) is 0 Å². The van der Waals surface area contributed by atoms with Crippen LogP contribution in [0.1, 0.15) is 65.7 Å². The first kappa shape index (κ1) is 15.3. The second-order valence-electron chi connectivity index (χ2n) is 6.88. The molecule has 0 amide bonds. The van der Waals surface area contributed by atoms with E-state index in [0.717, 1.165) is 32.3 Å². The number of nitrogens with zero attached hydrogens (tertiary/aromatic N) is 1. The molecule has 0 aromatic carbocycles. The Balaban J connectivity index is 1.83. The summed E-state index contributed by atoms with van der Waals surface area (Å²) >= 11 is 0. The molecule has 1 atom stereocenters. The summed E-state index contributed by atoms with van der Waals surface area (Å²) in [7, 11) is 0. The molecule has 2 rings (SSSR count). The Bertz CT molecular complexity index is 261. The predicted octanol–water partition coefficient (Wildman–Crippen LogP) is 3.78. The van der Waals surface area contributed by atoms with Crippen LogP contribution in [0.4, 0.5) is 0 Å². The van der Waals surface area contributed by atoms with Gasteiger partial charge in [0.05, 0.1) is 0 Å². The molecule has 112 valence electrons. The van der Waals surface area contributed by atoms with E-state index in [9.17, 15) is 0 Å². The highest BCUT2D eigenvalue weighted by molar-refractivity contribution is 4.85. The fourth-order valence-corrected chi connectivity index (χ4v) is 3.32. The van der Waals surface area contributed by atoms with E-state index in [4.69, 9.17) is 9.47 Å². The summed E-state index contributed by atoms with van der Waals surface area (Å²) in [5.74, 6) is 0. The maximum Gasteiger partial charge on any atom is 0.165 e. The van der Waals surface area contributed by atoms with Crippen LogP contribution in [0.5, 0.6) is 0 Å². The molecule has 0 unspecified atom stereocenters. The highest BCUT2D eigenvalue weighted by Crippen LogP contribution is 2.33. The molecule has 0 aromatic rings. The summed E-state index contributed by atoms with van der Waals surface area (Å²) in [6, 6.07) is 0.740. The summed E-state index contributed by atoms with van der Waals surface area (Å²) in [6.07, 6.45) is 9.16. The third kappa shape index (κ3) is 4.17. The third-order valence-electron chi connectivity index (χ3n) is 4.50. The van der Waals surface area contributed by atoms with E-state index in [1.807, 2.05) is 0 Å². The van der Waals surface area contributed by atoms with E-state index in [1.165, 1.54) is 38.5 Å². The molecule has 2 fully saturated rings. The maximum absolute atomic E-state index is 6.01. The molecule has 1 heterocycles. The number of unbranched alkanes of at least 4 members (excludes halogenated alkanes) is 1. The Hall–Kier alpha value is -0.120. The SMILES string of the molecule is CCCCO[C@@H]1OCN(C2CCCCC2)CC1(C)C. The molecule has 3 nitrogen and oxygen atoms in total. The molecule has 1 aliphatic heterocycles. The molecule has 3 heteroatoms. The Kier molecular flexibility index (Phi) is 5.67. The standard InChI is InChI=1S/C16H31NO2/c1-4-5-11-18-15-16(2,3)12-17(13-19-15)14-9-7-6-8-10-14/h14-15H,4-13H2,1-3H3/t15-/m1/s1. The van der Waals surface area contributed by atoms with Crippen LogP contribution in [0.3, 0.4) is 0 Å². The molecule has 0 spiro atoms. The lowest BCUT2D eigenvalue weighted by Crippen LogP contribution is -2.54. The van der Waals surface area contributed by atoms with E-state index in [2.05, 4.69) is 25.7 Å². The summed E-state index contributed by atoms with van der Waals surface area (Å²) < 4.78 is 11.9. The van der Waals surface area contributed by atoms with Crippen LogP contribution in [0, 0.1) is 5.41 Å². The van der Waals surface area contributed by atoms with Crippen LogP contribution >= 0.6 is 0 Å². The lowest BCUT2D eigenvalue weighted by atomic mass is 9.87. The van der Waals surface area contributed by atoms with Crippen molar-refractivity contribution in [2.75, 3.05) is 19.9 Å². The van der Waals surface area contributed by atoms with Gasteiger partial charge in [-0.2, -0.15) is 0 Å². The Labute approximate surface area is 118 Å². The van der Waals surface area contributed by atoms with Crippen LogP contribution in [-0.2, 0) is 9.47 Å². The van der Waals surface area contributed by atoms with E-state index >= 15 is 0 Å². The van der Waals surface area contributed by atoms with Crippen molar-refractivity contribution in [2.24, 2.45) is 5.41 Å². The first-order valence-corrected chi connectivity index (χ1v) is 8.11. The van der Waals surface area contributed by atoms with Crippen LogP contribution < -0.4 is 0 Å². The predicted molar refractivity (Wildman–Crippen MR) is 78.0 cm³/mol. The van der Waals surface area contributed by atoms with Crippen molar-refractivity contribution in [3.63, 3.8) is 0 Å². The molecule has 0 bridgehead atoms. The number of rotatable bonds is 5. The van der Waals surface area contributed by atoms with Crippen LogP contribution in [0.15, 0.2) is 0 Å². The van der Waals surface area contributed by atoms with Gasteiger partial charge in [0.1, 0.15) is 6.73 Å². The summed E-state index contributed by atoms with van der Waals surface area (Å²) in [5, 5.41) is 0. The van der Waals surface area contributed by atoms with Crippen LogP contribution in [-0.4, -0.2) is 37.1 Å². The number of hydrogen-bond acceptors (Lipinski definition) is 3. The van der Waals surface area contributed by atoms with Crippen molar-refractivity contribution in [1.82, 2.24) is 4.90 Å². The van der Waals surface area contributed by atoms with Gasteiger partial charge < -0.3 is 9.47 Å². The molecule has 2 aliphatic rings. The third-order valence-corrected chi connectivity index (χ3v) is 4.50. The van der Waals surface area contributed by atoms with E-state index in [1.54, 1.807) is 0 Å². The van der Waals surface area contributed by atoms with Crippen LogP contribution in [0.25, 0.3) is 0 Å². The van der Waals surface area contributed by atoms with Gasteiger partial charge in [-0.05, 0) is 19.3 Å². The van der Waals surface area contributed by atoms with Crippen molar-refractivity contribution in [3.05, 3.63) is 0 Å². The molecular formula is C16H31NO2. The molecule has 1 saturated carbocycles. The minimum atomic E-state index is -0.0288. The highest BCUT2D eigenvalue weighted by Gasteiger charge is 2.39. The fourth-order valence-electron chi connectivity index (χ4n) is 3.32. The average Bonchev–Trinajstić information content (AvgIpc) is 2.41. The zero-order chi connectivity index (χ0) is 13.7. The monoisotopic (exact) mass is 269 g/mol. The molecule has 19 heavy (non-hydrogen) atoms. The molecular weight excluding hydrogens is 238 g/mol. The normalized spacial score (nSPS) is 29.5. The second kappa shape index (κ2) is 7.05. The van der Waals surface area contributed by atoms with Gasteiger partial charge >= 0.3 is 0 Å². The van der Waals surface area contributed by atoms with Crippen LogP contribution in [0.2, 0.25) is 0 Å². The van der Waals surface area contributed by atoms with E-state index in [0.29, 0.717) is 0 Å². The molecule has 0 aromatic heterocycles. The second-order valence-corrected chi connectivity index (χ2v) is 6.88. The zero-order valence-electron chi connectivity index (χ0n) is 13.0. The van der Waals surface area contributed by atoms with Crippen molar-refractivity contribution in [2.45, 2.75) is 78.0 Å². The van der Waals surface area contributed by atoms with Gasteiger partial charge in [-0.3, -0.25) is 4.90 Å². The first-order valence-electron chi connectivity index (χ1n) is 8.11. The average molecular weight is 269 g/mol. The Morgan fingerprint density at radius 2 is 1.95 bits per heavy atom. The van der Waals surface area contributed by atoms with Gasteiger partial charge in [0.15, 0.2) is 6.29 Å². The van der Waals surface area contributed by atoms with Crippen molar-refractivity contribution >= 4 is 0 Å². The summed E-state index contributed by atoms with van der Waals surface area (Å²) in [4.78, 5) is 2.54. The van der Waals surface area contributed by atoms with E-state index in [-0.39, 0.29) is 11.7 Å². The minimum absolute atomic E-state index is 0.0288.